The van der Waals surface area contributed by atoms with Gasteiger partial charge >= 0.3 is 0 Å². The first-order valence-electron chi connectivity index (χ1n) is 20.8. The summed E-state index contributed by atoms with van der Waals surface area (Å²) in [7, 11) is 0. The molecule has 1 radical (unpaired) electrons. The number of aromatic nitrogens is 3. The molecule has 0 atom stereocenters. The Balaban J connectivity index is 0.000000214. The van der Waals surface area contributed by atoms with E-state index < -0.39 is 19.6 Å². The van der Waals surface area contributed by atoms with E-state index in [0.717, 1.165) is 86.5 Å². The maximum atomic E-state index is 9.07. The third-order valence-electron chi connectivity index (χ3n) is 9.87. The minimum Gasteiger partial charge on any atom is -0.500 e. The van der Waals surface area contributed by atoms with E-state index in [9.17, 15) is 0 Å². The molecule has 5 heteroatoms. The Morgan fingerprint density at radius 2 is 1.52 bits per heavy atom. The van der Waals surface area contributed by atoms with Crippen LogP contribution in [-0.4, -0.2) is 15.0 Å². The van der Waals surface area contributed by atoms with Gasteiger partial charge in [0.25, 0.3) is 0 Å². The zero-order chi connectivity index (χ0) is 40.9. The van der Waals surface area contributed by atoms with Gasteiger partial charge < -0.3 is 14.4 Å². The molecule has 0 aliphatic heterocycles. The smallest absolute Gasteiger partial charge is 0.128 e. The van der Waals surface area contributed by atoms with Gasteiger partial charge in [0.1, 0.15) is 5.58 Å². The van der Waals surface area contributed by atoms with Gasteiger partial charge in [-0.3, -0.25) is 4.98 Å². The quantitative estimate of drug-likeness (QED) is 0.165. The molecule has 0 N–H and O–H groups in total. The Kier molecular flexibility index (Phi) is 7.95. The van der Waals surface area contributed by atoms with Crippen LogP contribution in [0.1, 0.15) is 71.7 Å². The summed E-state index contributed by atoms with van der Waals surface area (Å²) < 4.78 is 59.2. The fourth-order valence-corrected chi connectivity index (χ4v) is 6.81. The Hall–Kier alpha value is -4.96. The first kappa shape index (κ1) is 27.7. The van der Waals surface area contributed by atoms with Crippen LogP contribution in [-0.2, 0) is 20.1 Å². The number of nitrogens with zero attached hydrogens (tertiary/aromatic N) is 3. The summed E-state index contributed by atoms with van der Waals surface area (Å²) in [5, 5.41) is 4.42. The third-order valence-corrected chi connectivity index (χ3v) is 9.87. The molecule has 261 valence electrons. The molecule has 1 saturated carbocycles. The molecule has 0 saturated heterocycles. The van der Waals surface area contributed by atoms with Crippen LogP contribution in [0.25, 0.3) is 66.5 Å². The zero-order valence-corrected chi connectivity index (χ0v) is 31.4. The van der Waals surface area contributed by atoms with E-state index in [1.165, 1.54) is 24.4 Å². The average Bonchev–Trinajstić information content (AvgIpc) is 3.62. The van der Waals surface area contributed by atoms with Crippen molar-refractivity contribution < 1.29 is 34.1 Å². The number of hydrogen-bond acceptors (Lipinski definition) is 4. The standard InChI is InChI=1S/C34H29N2O.C13H12N.Ir/c1-34(2)17-14-22(15-18-34)25-11-13-30(36-21-25)24-16-19-35-31(20-24)29-9-5-8-27-28-12-10-23-6-3-4-7-26(23)32(28)37-33(27)29;1-10-3-6-12(7-4-10)13-8-5-11(2)9-14-13;/h3-8,10-13,16,19-22H,14-15,17-18H2,1-2H3;3-6,8-9H,1-2H3;/q2*-1;/i22D;1D3,2D3;. The molecule has 8 aromatic rings. The minimum absolute atomic E-state index is 0. The first-order chi connectivity index (χ1) is 27.6. The van der Waals surface area contributed by atoms with E-state index in [2.05, 4.69) is 78.4 Å². The summed E-state index contributed by atoms with van der Waals surface area (Å²) in [5.74, 6) is -0.541. The Labute approximate surface area is 329 Å². The molecule has 4 nitrogen and oxygen atoms in total. The molecule has 4 aromatic heterocycles. The summed E-state index contributed by atoms with van der Waals surface area (Å²) in [6.45, 7) is 0.273. The molecule has 1 aliphatic carbocycles. The summed E-state index contributed by atoms with van der Waals surface area (Å²) in [6.07, 6.45) is 8.93. The topological polar surface area (TPSA) is 51.8 Å². The van der Waals surface area contributed by atoms with Crippen LogP contribution in [0.2, 0.25) is 0 Å². The van der Waals surface area contributed by atoms with Crippen LogP contribution in [0.15, 0.2) is 126 Å². The van der Waals surface area contributed by atoms with Gasteiger partial charge in [0.15, 0.2) is 0 Å². The van der Waals surface area contributed by atoms with Crippen molar-refractivity contribution in [2.75, 3.05) is 0 Å². The molecule has 1 fully saturated rings. The summed E-state index contributed by atoms with van der Waals surface area (Å²) >= 11 is 0. The second-order valence-electron chi connectivity index (χ2n) is 13.9. The van der Waals surface area contributed by atoms with E-state index in [1.54, 1.807) is 12.1 Å². The molecular weight excluding hydrogens is 815 g/mol. The van der Waals surface area contributed by atoms with Gasteiger partial charge in [-0.2, -0.15) is 0 Å². The number of benzene rings is 4. The van der Waals surface area contributed by atoms with Gasteiger partial charge in [-0.25, -0.2) is 0 Å². The van der Waals surface area contributed by atoms with Crippen molar-refractivity contribution in [1.29, 1.82) is 0 Å². The molecule has 0 amide bonds. The van der Waals surface area contributed by atoms with Crippen LogP contribution < -0.4 is 0 Å². The predicted molar refractivity (Wildman–Crippen MR) is 209 cm³/mol. The molecule has 1 aliphatic rings. The van der Waals surface area contributed by atoms with Crippen LogP contribution >= 0.6 is 0 Å². The molecule has 0 spiro atoms. The van der Waals surface area contributed by atoms with Crippen molar-refractivity contribution in [2.24, 2.45) is 5.41 Å². The number of aryl methyl sites for hydroxylation is 2. The van der Waals surface area contributed by atoms with Crippen molar-refractivity contribution in [1.82, 2.24) is 15.0 Å². The Bertz CT molecular complexity index is 2680. The Morgan fingerprint density at radius 3 is 2.27 bits per heavy atom. The maximum Gasteiger partial charge on any atom is 0.128 e. The largest absolute Gasteiger partial charge is 0.500 e. The summed E-state index contributed by atoms with van der Waals surface area (Å²) in [4.78, 5) is 13.6. The van der Waals surface area contributed by atoms with Crippen LogP contribution in [0.3, 0.4) is 0 Å². The van der Waals surface area contributed by atoms with Crippen molar-refractivity contribution in [3.63, 3.8) is 0 Å². The SMILES string of the molecule is [2H]C([2H])([2H])c1c[c-]c(-c2ccc(C([2H])([2H])[2H])cn2)cc1.[2H]C1(c2ccc(-c3ccnc(-c4[c-]ccc5c4oc4c6ccccc6ccc54)c3)nc2)CCC(C)(C)CC1.[Ir]. The van der Waals surface area contributed by atoms with E-state index in [4.69, 9.17) is 19.0 Å². The van der Waals surface area contributed by atoms with Crippen molar-refractivity contribution in [3.8, 4) is 33.8 Å². The normalized spacial score (nSPS) is 17.2. The fourth-order valence-electron chi connectivity index (χ4n) is 6.81. The van der Waals surface area contributed by atoms with Crippen LogP contribution in [0.5, 0.6) is 0 Å². The van der Waals surface area contributed by atoms with E-state index in [-0.39, 0.29) is 31.2 Å². The number of fused-ring (bicyclic) bond motifs is 5. The summed E-state index contributed by atoms with van der Waals surface area (Å²) in [6, 6.07) is 38.6. The first-order valence-corrected chi connectivity index (χ1v) is 17.3. The van der Waals surface area contributed by atoms with Crippen molar-refractivity contribution in [2.45, 2.75) is 59.1 Å². The monoisotopic (exact) mass is 863 g/mol. The number of pyridine rings is 3. The van der Waals surface area contributed by atoms with E-state index in [0.29, 0.717) is 16.7 Å². The molecule has 0 unspecified atom stereocenters. The average molecular weight is 863 g/mol. The maximum absolute atomic E-state index is 9.07. The third kappa shape index (κ3) is 7.35. The predicted octanol–water partition coefficient (Wildman–Crippen LogP) is 12.5. The molecular formula is C47H41IrN3O-2. The second-order valence-corrected chi connectivity index (χ2v) is 13.9. The van der Waals surface area contributed by atoms with Crippen molar-refractivity contribution in [3.05, 3.63) is 151 Å². The molecule has 4 aromatic carbocycles. The van der Waals surface area contributed by atoms with Gasteiger partial charge in [0.2, 0.25) is 0 Å². The van der Waals surface area contributed by atoms with Gasteiger partial charge in [0.05, 0.1) is 11.3 Å². The second kappa shape index (κ2) is 14.9. The number of furan rings is 1. The minimum atomic E-state index is -2.18. The summed E-state index contributed by atoms with van der Waals surface area (Å²) in [5.41, 5.74) is 8.08. The van der Waals surface area contributed by atoms with Gasteiger partial charge in [-0.1, -0.05) is 92.3 Å². The molecule has 0 bridgehead atoms. The van der Waals surface area contributed by atoms with Gasteiger partial charge in [-0.15, -0.1) is 53.6 Å². The molecule has 4 heterocycles. The number of hydrogen-bond donors (Lipinski definition) is 0. The van der Waals surface area contributed by atoms with Gasteiger partial charge in [0, 0.05) is 59.1 Å². The van der Waals surface area contributed by atoms with Gasteiger partial charge in [-0.05, 0) is 89.4 Å². The zero-order valence-electron chi connectivity index (χ0n) is 36.0. The molecule has 52 heavy (non-hydrogen) atoms. The fraction of sp³-hybridized carbons (Fsp3) is 0.213. The van der Waals surface area contributed by atoms with Crippen LogP contribution in [0.4, 0.5) is 0 Å². The van der Waals surface area contributed by atoms with E-state index in [1.807, 2.05) is 42.7 Å². The van der Waals surface area contributed by atoms with Crippen LogP contribution in [0, 0.1) is 31.3 Å². The van der Waals surface area contributed by atoms with E-state index >= 15 is 0 Å². The molecule has 9 rings (SSSR count). The van der Waals surface area contributed by atoms with Crippen molar-refractivity contribution >= 4 is 32.7 Å². The number of rotatable bonds is 4. The Morgan fingerprint density at radius 1 is 0.731 bits per heavy atom.